The summed E-state index contributed by atoms with van der Waals surface area (Å²) < 4.78 is 6.06. The van der Waals surface area contributed by atoms with Gasteiger partial charge in [0.05, 0.1) is 24.1 Å². The molecule has 30 heavy (non-hydrogen) atoms. The highest BCUT2D eigenvalue weighted by Gasteiger charge is 2.22. The Morgan fingerprint density at radius 2 is 1.50 bits per heavy atom. The second kappa shape index (κ2) is 9.84. The predicted molar refractivity (Wildman–Crippen MR) is 125 cm³/mol. The van der Waals surface area contributed by atoms with Gasteiger partial charge < -0.3 is 4.74 Å². The van der Waals surface area contributed by atoms with E-state index in [-0.39, 0.29) is 6.10 Å². The molecule has 1 aliphatic rings. The van der Waals surface area contributed by atoms with Gasteiger partial charge in [-0.25, -0.2) is 4.99 Å². The van der Waals surface area contributed by atoms with Gasteiger partial charge in [-0.05, 0) is 23.6 Å². The van der Waals surface area contributed by atoms with Crippen molar-refractivity contribution in [3.8, 4) is 0 Å². The highest BCUT2D eigenvalue weighted by Crippen LogP contribution is 2.26. The molecule has 1 fully saturated rings. The van der Waals surface area contributed by atoms with Crippen LogP contribution >= 0.6 is 0 Å². The summed E-state index contributed by atoms with van der Waals surface area (Å²) in [6.07, 6.45) is 0.137. The second-order valence-corrected chi connectivity index (χ2v) is 8.30. The van der Waals surface area contributed by atoms with Crippen molar-refractivity contribution in [1.82, 2.24) is 4.90 Å². The van der Waals surface area contributed by atoms with E-state index in [9.17, 15) is 0 Å². The topological polar surface area (TPSA) is 24.8 Å². The summed E-state index contributed by atoms with van der Waals surface area (Å²) in [6.45, 7) is 8.44. The Morgan fingerprint density at radius 1 is 0.900 bits per heavy atom. The van der Waals surface area contributed by atoms with Crippen LogP contribution < -0.4 is 0 Å². The predicted octanol–water partition coefficient (Wildman–Crippen LogP) is 5.89. The van der Waals surface area contributed by atoms with Crippen LogP contribution in [-0.2, 0) is 4.74 Å². The molecule has 4 rings (SSSR count). The number of nitrogens with zero attached hydrogens (tertiary/aromatic N) is 2. The molecule has 0 N–H and O–H groups in total. The van der Waals surface area contributed by atoms with Crippen molar-refractivity contribution < 1.29 is 4.74 Å². The Bertz CT molecular complexity index is 908. The van der Waals surface area contributed by atoms with Crippen molar-refractivity contribution in [2.24, 2.45) is 10.9 Å². The van der Waals surface area contributed by atoms with Crippen molar-refractivity contribution >= 4 is 11.4 Å². The standard InChI is InChI=1S/C27H30N2O/c1-21(2)19-29-17-18-30-26(20-29)22-13-15-25(16-14-22)28-27(23-9-5-3-6-10-23)24-11-7-4-8-12-24/h3-16,21,26H,17-20H2,1-2H3/t26-/m0/s1. The van der Waals surface area contributed by atoms with Crippen molar-refractivity contribution in [2.45, 2.75) is 20.0 Å². The van der Waals surface area contributed by atoms with Gasteiger partial charge in [0.2, 0.25) is 0 Å². The van der Waals surface area contributed by atoms with Crippen LogP contribution in [0.4, 0.5) is 5.69 Å². The summed E-state index contributed by atoms with van der Waals surface area (Å²) in [6, 6.07) is 29.3. The summed E-state index contributed by atoms with van der Waals surface area (Å²) >= 11 is 0. The molecule has 3 nitrogen and oxygen atoms in total. The molecule has 1 atom stereocenters. The zero-order chi connectivity index (χ0) is 20.8. The van der Waals surface area contributed by atoms with Crippen LogP contribution in [-0.4, -0.2) is 36.9 Å². The number of aliphatic imine (C=N–C) groups is 1. The van der Waals surface area contributed by atoms with Gasteiger partial charge in [-0.1, -0.05) is 86.6 Å². The van der Waals surface area contributed by atoms with Crippen LogP contribution in [0.1, 0.15) is 36.6 Å². The van der Waals surface area contributed by atoms with E-state index in [2.05, 4.69) is 91.5 Å². The lowest BCUT2D eigenvalue weighted by Gasteiger charge is -2.34. The van der Waals surface area contributed by atoms with Crippen LogP contribution in [0.5, 0.6) is 0 Å². The minimum absolute atomic E-state index is 0.137. The van der Waals surface area contributed by atoms with Gasteiger partial charge in [-0.2, -0.15) is 0 Å². The molecule has 3 aromatic carbocycles. The summed E-state index contributed by atoms with van der Waals surface area (Å²) in [7, 11) is 0. The summed E-state index contributed by atoms with van der Waals surface area (Å²) in [5.41, 5.74) is 5.40. The molecule has 1 heterocycles. The zero-order valence-electron chi connectivity index (χ0n) is 17.9. The third-order valence-corrected chi connectivity index (χ3v) is 5.37. The van der Waals surface area contributed by atoms with Gasteiger partial charge in [0, 0.05) is 30.8 Å². The number of morpholine rings is 1. The van der Waals surface area contributed by atoms with E-state index in [1.165, 1.54) is 5.56 Å². The minimum atomic E-state index is 0.137. The Labute approximate surface area is 180 Å². The van der Waals surface area contributed by atoms with E-state index >= 15 is 0 Å². The summed E-state index contributed by atoms with van der Waals surface area (Å²) in [5, 5.41) is 0. The fourth-order valence-corrected chi connectivity index (χ4v) is 3.97. The Morgan fingerprint density at radius 3 is 2.07 bits per heavy atom. The maximum Gasteiger partial charge on any atom is 0.0952 e. The first-order valence-electron chi connectivity index (χ1n) is 10.8. The molecule has 0 radical (unpaired) electrons. The van der Waals surface area contributed by atoms with Crippen LogP contribution in [0.3, 0.4) is 0 Å². The van der Waals surface area contributed by atoms with Gasteiger partial charge in [0.15, 0.2) is 0 Å². The van der Waals surface area contributed by atoms with Crippen LogP contribution in [0.25, 0.3) is 0 Å². The smallest absolute Gasteiger partial charge is 0.0952 e. The first-order valence-corrected chi connectivity index (χ1v) is 10.8. The number of hydrogen-bond donors (Lipinski definition) is 0. The highest BCUT2D eigenvalue weighted by atomic mass is 16.5. The molecule has 0 spiro atoms. The molecular formula is C27H30N2O. The summed E-state index contributed by atoms with van der Waals surface area (Å²) in [4.78, 5) is 7.51. The zero-order valence-corrected chi connectivity index (χ0v) is 17.9. The average Bonchev–Trinajstić information content (AvgIpc) is 2.79. The van der Waals surface area contributed by atoms with Gasteiger partial charge in [-0.3, -0.25) is 4.90 Å². The summed E-state index contributed by atoms with van der Waals surface area (Å²) in [5.74, 6) is 0.676. The molecule has 0 saturated carbocycles. The Hall–Kier alpha value is -2.75. The molecular weight excluding hydrogens is 368 g/mol. The van der Waals surface area contributed by atoms with Gasteiger partial charge in [0.25, 0.3) is 0 Å². The number of hydrogen-bond acceptors (Lipinski definition) is 3. The Balaban J connectivity index is 1.57. The van der Waals surface area contributed by atoms with Crippen molar-refractivity contribution in [1.29, 1.82) is 0 Å². The molecule has 3 aromatic rings. The molecule has 0 aliphatic carbocycles. The van der Waals surface area contributed by atoms with Crippen LogP contribution in [0.15, 0.2) is 89.9 Å². The van der Waals surface area contributed by atoms with Gasteiger partial charge >= 0.3 is 0 Å². The first kappa shape index (κ1) is 20.5. The van der Waals surface area contributed by atoms with Gasteiger partial charge in [0.1, 0.15) is 0 Å². The van der Waals surface area contributed by atoms with E-state index in [1.54, 1.807) is 0 Å². The van der Waals surface area contributed by atoms with Crippen molar-refractivity contribution in [2.75, 3.05) is 26.2 Å². The lowest BCUT2D eigenvalue weighted by atomic mass is 10.0. The minimum Gasteiger partial charge on any atom is -0.371 e. The number of rotatable bonds is 6. The monoisotopic (exact) mass is 398 g/mol. The largest absolute Gasteiger partial charge is 0.371 e. The van der Waals surface area contributed by atoms with E-state index in [4.69, 9.17) is 9.73 Å². The third kappa shape index (κ3) is 5.24. The average molecular weight is 399 g/mol. The van der Waals surface area contributed by atoms with Crippen LogP contribution in [0, 0.1) is 5.92 Å². The Kier molecular flexibility index (Phi) is 6.73. The fourth-order valence-electron chi connectivity index (χ4n) is 3.97. The molecule has 1 saturated heterocycles. The van der Waals surface area contributed by atoms with Crippen molar-refractivity contribution in [3.63, 3.8) is 0 Å². The fraction of sp³-hybridized carbons (Fsp3) is 0.296. The maximum absolute atomic E-state index is 6.06. The normalized spacial score (nSPS) is 17.1. The van der Waals surface area contributed by atoms with E-state index < -0.39 is 0 Å². The molecule has 0 amide bonds. The van der Waals surface area contributed by atoms with E-state index in [0.717, 1.165) is 48.8 Å². The quantitative estimate of drug-likeness (QED) is 0.484. The molecule has 0 bridgehead atoms. The molecule has 1 aliphatic heterocycles. The molecule has 154 valence electrons. The van der Waals surface area contributed by atoms with Gasteiger partial charge in [-0.15, -0.1) is 0 Å². The lowest BCUT2D eigenvalue weighted by Crippen LogP contribution is -2.40. The first-order chi connectivity index (χ1) is 14.7. The maximum atomic E-state index is 6.06. The van der Waals surface area contributed by atoms with Crippen molar-refractivity contribution in [3.05, 3.63) is 102 Å². The molecule has 3 heteroatoms. The van der Waals surface area contributed by atoms with Crippen LogP contribution in [0.2, 0.25) is 0 Å². The van der Waals surface area contributed by atoms with E-state index in [1.807, 2.05) is 12.1 Å². The highest BCUT2D eigenvalue weighted by molar-refractivity contribution is 6.13. The van der Waals surface area contributed by atoms with E-state index in [0.29, 0.717) is 5.92 Å². The SMILES string of the molecule is CC(C)CN1CCO[C@H](c2ccc(N=C(c3ccccc3)c3ccccc3)cc2)C1. The third-order valence-electron chi connectivity index (χ3n) is 5.37. The molecule has 0 aromatic heterocycles. The number of benzene rings is 3. The second-order valence-electron chi connectivity index (χ2n) is 8.30. The lowest BCUT2D eigenvalue weighted by molar-refractivity contribution is -0.0331. The number of ether oxygens (including phenoxy) is 1. The molecule has 0 unspecified atom stereocenters.